The summed E-state index contributed by atoms with van der Waals surface area (Å²) in [4.78, 5) is 41.3. The van der Waals surface area contributed by atoms with Gasteiger partial charge in [-0.3, -0.25) is 14.6 Å². The highest BCUT2D eigenvalue weighted by molar-refractivity contribution is 6.41. The minimum absolute atomic E-state index is 0.174. The van der Waals surface area contributed by atoms with Crippen molar-refractivity contribution in [3.05, 3.63) is 46.0 Å². The molecule has 0 bridgehead atoms. The normalized spacial score (nSPS) is 20.0. The molecule has 1 unspecified atom stereocenters. The molecule has 118 valence electrons. The second kappa shape index (κ2) is 5.57. The number of benzene rings is 1. The first-order valence-electron chi connectivity index (χ1n) is 7.44. The van der Waals surface area contributed by atoms with E-state index in [1.54, 1.807) is 12.1 Å². The lowest BCUT2D eigenvalue weighted by molar-refractivity contribution is -0.132. The summed E-state index contributed by atoms with van der Waals surface area (Å²) in [5.41, 5.74) is 3.80. The van der Waals surface area contributed by atoms with E-state index in [-0.39, 0.29) is 30.2 Å². The Balaban J connectivity index is 2.28. The van der Waals surface area contributed by atoms with Crippen molar-refractivity contribution < 1.29 is 19.1 Å². The van der Waals surface area contributed by atoms with Crippen LogP contribution in [0.3, 0.4) is 0 Å². The molecule has 1 aliphatic carbocycles. The largest absolute Gasteiger partial charge is 0.465 e. The van der Waals surface area contributed by atoms with E-state index in [1.165, 1.54) is 7.11 Å². The number of aryl methyl sites for hydroxylation is 2. The highest BCUT2D eigenvalue weighted by Crippen LogP contribution is 2.37. The van der Waals surface area contributed by atoms with Crippen LogP contribution in [0.4, 0.5) is 0 Å². The smallest absolute Gasteiger partial charge is 0.352 e. The number of nitrogens with zero attached hydrogens (tertiary/aromatic N) is 1. The van der Waals surface area contributed by atoms with Crippen LogP contribution in [0.1, 0.15) is 39.4 Å². The second-order valence-electron chi connectivity index (χ2n) is 5.86. The monoisotopic (exact) mass is 311 g/mol. The average molecular weight is 311 g/mol. The number of carbonyl (C=O) groups is 3. The molecule has 0 saturated carbocycles. The zero-order valence-corrected chi connectivity index (χ0v) is 13.3. The van der Waals surface area contributed by atoms with E-state index in [1.807, 2.05) is 19.9 Å². The molecule has 2 aliphatic rings. The fourth-order valence-corrected chi connectivity index (χ4v) is 3.14. The third kappa shape index (κ3) is 2.42. The fourth-order valence-electron chi connectivity index (χ4n) is 3.14. The van der Waals surface area contributed by atoms with Crippen molar-refractivity contribution >= 4 is 23.2 Å². The predicted molar refractivity (Wildman–Crippen MR) is 85.0 cm³/mol. The number of Topliss-reactive ketones (excluding diaryl/α,β-unsaturated/α-hetero) is 2. The predicted octanol–water partition coefficient (Wildman–Crippen LogP) is 2.10. The standard InChI is InChI=1S/C18H17NO4/c1-9-6-12-13(7-10(9)2)16-11(14(20)8-15(12)21)4-5-19-17(16)18(22)23-3/h4,6-7,16H,5,8H2,1-3H3. The molecule has 0 N–H and O–H groups in total. The molecule has 5 nitrogen and oxygen atoms in total. The number of esters is 1. The van der Waals surface area contributed by atoms with Crippen LogP contribution in [-0.4, -0.2) is 36.9 Å². The number of methoxy groups -OCH3 is 1. The molecular formula is C18H17NO4. The summed E-state index contributed by atoms with van der Waals surface area (Å²) in [7, 11) is 1.29. The lowest BCUT2D eigenvalue weighted by atomic mass is 9.81. The van der Waals surface area contributed by atoms with Gasteiger partial charge >= 0.3 is 5.97 Å². The number of ether oxygens (including phenoxy) is 1. The molecule has 0 radical (unpaired) electrons. The minimum atomic E-state index is -0.621. The molecule has 0 fully saturated rings. The van der Waals surface area contributed by atoms with Crippen LogP contribution in [-0.2, 0) is 14.3 Å². The number of ketones is 2. The van der Waals surface area contributed by atoms with Crippen LogP contribution >= 0.6 is 0 Å². The van der Waals surface area contributed by atoms with E-state index >= 15 is 0 Å². The lowest BCUT2D eigenvalue weighted by Gasteiger charge is -2.23. The Morgan fingerprint density at radius 2 is 1.87 bits per heavy atom. The van der Waals surface area contributed by atoms with Gasteiger partial charge in [0.1, 0.15) is 5.71 Å². The van der Waals surface area contributed by atoms with Crippen LogP contribution in [0.2, 0.25) is 0 Å². The number of rotatable bonds is 1. The summed E-state index contributed by atoms with van der Waals surface area (Å²) in [6, 6.07) is 3.68. The van der Waals surface area contributed by atoms with Crippen molar-refractivity contribution in [1.82, 2.24) is 0 Å². The maximum Gasteiger partial charge on any atom is 0.352 e. The van der Waals surface area contributed by atoms with Gasteiger partial charge in [0, 0.05) is 11.1 Å². The molecule has 5 heteroatoms. The third-order valence-corrected chi connectivity index (χ3v) is 4.47. The number of hydrogen-bond acceptors (Lipinski definition) is 5. The van der Waals surface area contributed by atoms with E-state index in [9.17, 15) is 14.4 Å². The van der Waals surface area contributed by atoms with Crippen molar-refractivity contribution in [3.8, 4) is 0 Å². The third-order valence-electron chi connectivity index (χ3n) is 4.47. The summed E-state index contributed by atoms with van der Waals surface area (Å²) in [5.74, 6) is -1.65. The Hall–Kier alpha value is -2.56. The molecule has 23 heavy (non-hydrogen) atoms. The van der Waals surface area contributed by atoms with Crippen molar-refractivity contribution in [1.29, 1.82) is 0 Å². The van der Waals surface area contributed by atoms with Crippen molar-refractivity contribution in [2.45, 2.75) is 26.2 Å². The van der Waals surface area contributed by atoms with E-state index in [2.05, 4.69) is 4.99 Å². The topological polar surface area (TPSA) is 72.8 Å². The van der Waals surface area contributed by atoms with E-state index in [0.717, 1.165) is 11.1 Å². The molecular weight excluding hydrogens is 294 g/mol. The molecule has 0 saturated heterocycles. The SMILES string of the molecule is COC(=O)C1=NCC=C2C(=O)CC(=O)c3cc(C)c(C)cc3C21. The Kier molecular flexibility index (Phi) is 3.72. The van der Waals surface area contributed by atoms with Gasteiger partial charge in [-0.05, 0) is 36.6 Å². The summed E-state index contributed by atoms with van der Waals surface area (Å²) in [5, 5.41) is 0. The Morgan fingerprint density at radius 1 is 1.17 bits per heavy atom. The first kappa shape index (κ1) is 15.3. The summed E-state index contributed by atoms with van der Waals surface area (Å²) >= 11 is 0. The Morgan fingerprint density at radius 3 is 2.57 bits per heavy atom. The van der Waals surface area contributed by atoms with Crippen LogP contribution in [0.15, 0.2) is 28.8 Å². The molecule has 1 heterocycles. The molecule has 0 spiro atoms. The van der Waals surface area contributed by atoms with Gasteiger partial charge in [-0.1, -0.05) is 12.1 Å². The number of carbonyl (C=O) groups excluding carboxylic acids is 3. The number of dihydropyridines is 1. The van der Waals surface area contributed by atoms with Crippen LogP contribution in [0.25, 0.3) is 0 Å². The average Bonchev–Trinajstić information content (AvgIpc) is 2.64. The van der Waals surface area contributed by atoms with Gasteiger partial charge in [-0.25, -0.2) is 4.79 Å². The second-order valence-corrected chi connectivity index (χ2v) is 5.86. The van der Waals surface area contributed by atoms with Crippen LogP contribution < -0.4 is 0 Å². The van der Waals surface area contributed by atoms with Gasteiger partial charge < -0.3 is 4.74 Å². The highest BCUT2D eigenvalue weighted by Gasteiger charge is 2.39. The first-order valence-corrected chi connectivity index (χ1v) is 7.44. The van der Waals surface area contributed by atoms with Gasteiger partial charge in [0.2, 0.25) is 0 Å². The maximum atomic E-state index is 12.5. The Bertz CT molecular complexity index is 801. The van der Waals surface area contributed by atoms with Gasteiger partial charge in [-0.2, -0.15) is 0 Å². The molecule has 1 atom stereocenters. The minimum Gasteiger partial charge on any atom is -0.465 e. The van der Waals surface area contributed by atoms with Gasteiger partial charge in [0.25, 0.3) is 0 Å². The van der Waals surface area contributed by atoms with E-state index < -0.39 is 11.9 Å². The molecule has 3 rings (SSSR count). The number of allylic oxidation sites excluding steroid dienone is 1. The fraction of sp³-hybridized carbons (Fsp3) is 0.333. The van der Waals surface area contributed by atoms with Crippen LogP contribution in [0, 0.1) is 13.8 Å². The quantitative estimate of drug-likeness (QED) is 0.588. The van der Waals surface area contributed by atoms with Crippen molar-refractivity contribution in [3.63, 3.8) is 0 Å². The summed E-state index contributed by atoms with van der Waals surface area (Å²) in [6.07, 6.45) is 1.53. The van der Waals surface area contributed by atoms with Crippen molar-refractivity contribution in [2.24, 2.45) is 4.99 Å². The first-order chi connectivity index (χ1) is 10.9. The lowest BCUT2D eigenvalue weighted by Crippen LogP contribution is -2.30. The summed E-state index contributed by atoms with van der Waals surface area (Å²) in [6.45, 7) is 4.10. The van der Waals surface area contributed by atoms with E-state index in [4.69, 9.17) is 4.74 Å². The Labute approximate surface area is 134 Å². The molecule has 1 aromatic rings. The van der Waals surface area contributed by atoms with Gasteiger partial charge in [0.15, 0.2) is 11.6 Å². The zero-order valence-electron chi connectivity index (χ0n) is 13.3. The molecule has 1 aromatic carbocycles. The number of aliphatic imine (C=N–C) groups is 1. The maximum absolute atomic E-state index is 12.5. The molecule has 0 aromatic heterocycles. The van der Waals surface area contributed by atoms with Crippen molar-refractivity contribution in [2.75, 3.05) is 13.7 Å². The number of fused-ring (bicyclic) bond motifs is 3. The summed E-state index contributed by atoms with van der Waals surface area (Å²) < 4.78 is 4.82. The van der Waals surface area contributed by atoms with Gasteiger partial charge in [0.05, 0.1) is 26.0 Å². The van der Waals surface area contributed by atoms with Crippen LogP contribution in [0.5, 0.6) is 0 Å². The zero-order chi connectivity index (χ0) is 16.7. The molecule has 0 amide bonds. The van der Waals surface area contributed by atoms with E-state index in [0.29, 0.717) is 16.7 Å². The number of hydrogen-bond donors (Lipinski definition) is 0. The van der Waals surface area contributed by atoms with Gasteiger partial charge in [-0.15, -0.1) is 0 Å². The molecule has 1 aliphatic heterocycles. The highest BCUT2D eigenvalue weighted by atomic mass is 16.5.